The van der Waals surface area contributed by atoms with Crippen molar-refractivity contribution in [2.45, 2.75) is 50.5 Å². The molecule has 8 nitrogen and oxygen atoms in total. The van der Waals surface area contributed by atoms with Crippen molar-refractivity contribution >= 4 is 21.9 Å². The van der Waals surface area contributed by atoms with E-state index in [9.17, 15) is 18.0 Å². The summed E-state index contributed by atoms with van der Waals surface area (Å²) in [4.78, 5) is 25.5. The molecule has 3 rings (SSSR count). The van der Waals surface area contributed by atoms with Crippen LogP contribution in [0.15, 0.2) is 15.4 Å². The van der Waals surface area contributed by atoms with Crippen molar-refractivity contribution in [2.75, 3.05) is 19.6 Å². The number of hydrogen-bond donors (Lipinski definition) is 1. The number of sulfonamides is 1. The summed E-state index contributed by atoms with van der Waals surface area (Å²) >= 11 is 0. The minimum Gasteiger partial charge on any atom is -0.481 e. The van der Waals surface area contributed by atoms with Crippen LogP contribution in [0.25, 0.3) is 0 Å². The highest BCUT2D eigenvalue weighted by Crippen LogP contribution is 2.31. The van der Waals surface area contributed by atoms with Gasteiger partial charge in [-0.05, 0) is 32.6 Å². The average Bonchev–Trinajstić information content (AvgIpc) is 3.09. The number of aliphatic carboxylic acids is 1. The smallest absolute Gasteiger partial charge is 0.308 e. The summed E-state index contributed by atoms with van der Waals surface area (Å²) < 4.78 is 32.4. The Morgan fingerprint density at radius 1 is 1.35 bits per heavy atom. The molecule has 0 radical (unpaired) electrons. The molecule has 1 unspecified atom stereocenters. The molecule has 2 heterocycles. The number of carbonyl (C=O) groups is 2. The minimum atomic E-state index is -3.67. The Morgan fingerprint density at radius 2 is 1.96 bits per heavy atom. The van der Waals surface area contributed by atoms with Gasteiger partial charge in [0.15, 0.2) is 5.76 Å². The predicted octanol–water partition coefficient (Wildman–Crippen LogP) is 1.70. The van der Waals surface area contributed by atoms with Gasteiger partial charge in [-0.1, -0.05) is 6.92 Å². The van der Waals surface area contributed by atoms with Gasteiger partial charge in [0.1, 0.15) is 10.7 Å². The van der Waals surface area contributed by atoms with Gasteiger partial charge in [-0.3, -0.25) is 9.59 Å². The number of nitrogens with zero attached hydrogens (tertiary/aromatic N) is 2. The van der Waals surface area contributed by atoms with Crippen LogP contribution in [0.2, 0.25) is 0 Å². The van der Waals surface area contributed by atoms with Crippen molar-refractivity contribution < 1.29 is 27.5 Å². The van der Waals surface area contributed by atoms with E-state index >= 15 is 0 Å². The summed E-state index contributed by atoms with van der Waals surface area (Å²) in [5, 5.41) is 9.12. The first-order valence-corrected chi connectivity index (χ1v) is 10.3. The maximum atomic E-state index is 12.8. The zero-order valence-corrected chi connectivity index (χ0v) is 15.8. The Labute approximate surface area is 152 Å². The lowest BCUT2D eigenvalue weighted by Crippen LogP contribution is -2.38. The topological polar surface area (TPSA) is 108 Å². The molecule has 2 fully saturated rings. The molecular formula is C17H24N2O6S. The molecule has 2 aliphatic rings. The molecule has 0 aromatic carbocycles. The van der Waals surface area contributed by atoms with Crippen LogP contribution in [0.5, 0.6) is 0 Å². The van der Waals surface area contributed by atoms with E-state index in [2.05, 4.69) is 0 Å². The fourth-order valence-electron chi connectivity index (χ4n) is 3.19. The molecule has 1 aliphatic heterocycles. The fourth-order valence-corrected chi connectivity index (χ4v) is 4.87. The molecule has 1 saturated heterocycles. The van der Waals surface area contributed by atoms with E-state index in [-0.39, 0.29) is 29.0 Å². The van der Waals surface area contributed by atoms with Gasteiger partial charge >= 0.3 is 5.97 Å². The van der Waals surface area contributed by atoms with Crippen LogP contribution in [0.3, 0.4) is 0 Å². The molecule has 26 heavy (non-hydrogen) atoms. The molecule has 1 N–H and O–H groups in total. The standard InChI is InChI=1S/C17H24N2O6S/c1-11(17(21)22)10-19(13-5-6-13)16(20)14-9-15(12(2)25-14)26(23,24)18-7-3-4-8-18/h9,11,13H,3-8,10H2,1-2H3,(H,21,22). The number of aryl methyl sites for hydroxylation is 1. The number of carboxylic acids is 1. The van der Waals surface area contributed by atoms with E-state index in [4.69, 9.17) is 9.52 Å². The zero-order chi connectivity index (χ0) is 19.1. The van der Waals surface area contributed by atoms with Gasteiger partial charge in [-0.15, -0.1) is 0 Å². The van der Waals surface area contributed by atoms with Gasteiger partial charge in [0.05, 0.1) is 5.92 Å². The third-order valence-corrected chi connectivity index (χ3v) is 6.91. The van der Waals surface area contributed by atoms with Gasteiger partial charge in [0, 0.05) is 31.7 Å². The lowest BCUT2D eigenvalue weighted by molar-refractivity contribution is -0.141. The predicted molar refractivity (Wildman–Crippen MR) is 92.3 cm³/mol. The quantitative estimate of drug-likeness (QED) is 0.766. The fraction of sp³-hybridized carbons (Fsp3) is 0.647. The summed E-state index contributed by atoms with van der Waals surface area (Å²) in [6.07, 6.45) is 3.28. The third kappa shape index (κ3) is 3.64. The van der Waals surface area contributed by atoms with Crippen molar-refractivity contribution in [3.63, 3.8) is 0 Å². The first-order chi connectivity index (χ1) is 12.2. The Balaban J connectivity index is 1.84. The van der Waals surface area contributed by atoms with Crippen molar-refractivity contribution in [2.24, 2.45) is 5.92 Å². The molecular weight excluding hydrogens is 360 g/mol. The third-order valence-electron chi connectivity index (χ3n) is 4.91. The molecule has 1 aliphatic carbocycles. The van der Waals surface area contributed by atoms with E-state index in [1.165, 1.54) is 22.2 Å². The maximum absolute atomic E-state index is 12.8. The van der Waals surface area contributed by atoms with Crippen molar-refractivity contribution in [1.82, 2.24) is 9.21 Å². The summed E-state index contributed by atoms with van der Waals surface area (Å²) in [5.41, 5.74) is 0. The molecule has 1 aromatic rings. The van der Waals surface area contributed by atoms with Gasteiger partial charge in [0.2, 0.25) is 10.0 Å². The van der Waals surface area contributed by atoms with Crippen LogP contribution in [-0.2, 0) is 14.8 Å². The maximum Gasteiger partial charge on any atom is 0.308 e. The van der Waals surface area contributed by atoms with Gasteiger partial charge in [-0.25, -0.2) is 8.42 Å². The number of carbonyl (C=O) groups excluding carboxylic acids is 1. The Bertz CT molecular complexity index is 805. The molecule has 1 amide bonds. The Morgan fingerprint density at radius 3 is 2.50 bits per heavy atom. The second-order valence-electron chi connectivity index (χ2n) is 7.07. The number of furan rings is 1. The van der Waals surface area contributed by atoms with Gasteiger partial charge < -0.3 is 14.4 Å². The molecule has 1 atom stereocenters. The van der Waals surface area contributed by atoms with Gasteiger partial charge in [-0.2, -0.15) is 4.31 Å². The van der Waals surface area contributed by atoms with Crippen molar-refractivity contribution in [3.05, 3.63) is 17.6 Å². The highest BCUT2D eigenvalue weighted by molar-refractivity contribution is 7.89. The molecule has 1 aromatic heterocycles. The Hall–Kier alpha value is -1.87. The summed E-state index contributed by atoms with van der Waals surface area (Å²) in [6, 6.07) is 1.28. The van der Waals surface area contributed by atoms with Crippen LogP contribution >= 0.6 is 0 Å². The van der Waals surface area contributed by atoms with Crippen molar-refractivity contribution in [3.8, 4) is 0 Å². The summed E-state index contributed by atoms with van der Waals surface area (Å²) in [5.74, 6) is -2.00. The first-order valence-electron chi connectivity index (χ1n) is 8.86. The average molecular weight is 384 g/mol. The monoisotopic (exact) mass is 384 g/mol. The van der Waals surface area contributed by atoms with E-state index < -0.39 is 27.8 Å². The molecule has 0 bridgehead atoms. The number of carboxylic acid groups (broad SMARTS) is 1. The number of hydrogen-bond acceptors (Lipinski definition) is 5. The molecule has 144 valence electrons. The van der Waals surface area contributed by atoms with E-state index in [1.807, 2.05) is 0 Å². The molecule has 1 saturated carbocycles. The van der Waals surface area contributed by atoms with E-state index in [1.54, 1.807) is 6.92 Å². The van der Waals surface area contributed by atoms with Crippen LogP contribution in [-0.4, -0.2) is 60.3 Å². The highest BCUT2D eigenvalue weighted by Gasteiger charge is 2.38. The SMILES string of the molecule is Cc1oc(C(=O)N(CC(C)C(=O)O)C2CC2)cc1S(=O)(=O)N1CCCC1. The first kappa shape index (κ1) is 18.9. The second kappa shape index (κ2) is 7.03. The number of amides is 1. The largest absolute Gasteiger partial charge is 0.481 e. The summed E-state index contributed by atoms with van der Waals surface area (Å²) in [7, 11) is -3.67. The van der Waals surface area contributed by atoms with Crippen LogP contribution < -0.4 is 0 Å². The van der Waals surface area contributed by atoms with Crippen molar-refractivity contribution in [1.29, 1.82) is 0 Å². The molecule has 9 heteroatoms. The minimum absolute atomic E-state index is 0.00616. The van der Waals surface area contributed by atoms with Crippen LogP contribution in [0, 0.1) is 12.8 Å². The van der Waals surface area contributed by atoms with E-state index in [0.717, 1.165) is 25.7 Å². The van der Waals surface area contributed by atoms with E-state index in [0.29, 0.717) is 13.1 Å². The van der Waals surface area contributed by atoms with Crippen LogP contribution in [0.4, 0.5) is 0 Å². The lowest BCUT2D eigenvalue weighted by Gasteiger charge is -2.23. The summed E-state index contributed by atoms with van der Waals surface area (Å²) in [6.45, 7) is 4.09. The Kier molecular flexibility index (Phi) is 5.12. The number of rotatable bonds is 7. The molecule has 0 spiro atoms. The van der Waals surface area contributed by atoms with Crippen LogP contribution in [0.1, 0.15) is 48.9 Å². The lowest BCUT2D eigenvalue weighted by atomic mass is 10.1. The second-order valence-corrected chi connectivity index (χ2v) is 8.98. The normalized spacial score (nSPS) is 19.5. The van der Waals surface area contributed by atoms with Gasteiger partial charge in [0.25, 0.3) is 5.91 Å². The zero-order valence-electron chi connectivity index (χ0n) is 15.0. The highest BCUT2D eigenvalue weighted by atomic mass is 32.2.